The van der Waals surface area contributed by atoms with Crippen molar-refractivity contribution in [2.24, 2.45) is 0 Å². The van der Waals surface area contributed by atoms with Gasteiger partial charge in [0.15, 0.2) is 0 Å². The number of carbonyl (C=O) groups is 1. The lowest BCUT2D eigenvalue weighted by Gasteiger charge is -2.28. The average Bonchev–Trinajstić information content (AvgIpc) is 2.47. The fraction of sp³-hybridized carbons (Fsp3) is 0.294. The summed E-state index contributed by atoms with van der Waals surface area (Å²) in [5.41, 5.74) is -1.48. The van der Waals surface area contributed by atoms with Gasteiger partial charge in [0, 0.05) is 30.1 Å². The predicted molar refractivity (Wildman–Crippen MR) is 78.2 cm³/mol. The molecule has 0 aliphatic heterocycles. The maximum Gasteiger partial charge on any atom is 0.316 e. The highest BCUT2D eigenvalue weighted by Gasteiger charge is 2.41. The molecule has 0 radical (unpaired) electrons. The molecular weight excluding hydrogens is 307 g/mol. The fourth-order valence-electron chi connectivity index (χ4n) is 2.53. The Balaban J connectivity index is 2.56. The molecule has 1 aromatic carbocycles. The van der Waals surface area contributed by atoms with E-state index in [1.54, 1.807) is 19.1 Å². The minimum absolute atomic E-state index is 0.00613. The van der Waals surface area contributed by atoms with E-state index >= 15 is 0 Å². The monoisotopic (exact) mass is 323 g/mol. The summed E-state index contributed by atoms with van der Waals surface area (Å²) >= 11 is 0. The Labute approximate surface area is 132 Å². The summed E-state index contributed by atoms with van der Waals surface area (Å²) in [6.07, 6.45) is 3.02. The van der Waals surface area contributed by atoms with Gasteiger partial charge in [-0.25, -0.2) is 13.2 Å². The van der Waals surface area contributed by atoms with Gasteiger partial charge in [-0.15, -0.1) is 0 Å². The summed E-state index contributed by atoms with van der Waals surface area (Å²) in [4.78, 5) is 16.3. The summed E-state index contributed by atoms with van der Waals surface area (Å²) in [6.45, 7) is 3.04. The Kier molecular flexibility index (Phi) is 5.03. The van der Waals surface area contributed by atoms with Crippen molar-refractivity contribution < 1.29 is 22.7 Å². The molecule has 1 aromatic heterocycles. The van der Waals surface area contributed by atoms with Gasteiger partial charge in [0.1, 0.15) is 17.5 Å². The number of nitrogens with zero attached hydrogens (tertiary/aromatic N) is 1. The van der Waals surface area contributed by atoms with E-state index in [0.717, 1.165) is 0 Å². The van der Waals surface area contributed by atoms with E-state index in [1.807, 2.05) is 0 Å². The molecule has 1 atom stereocenters. The molecule has 0 saturated heterocycles. The Morgan fingerprint density at radius 1 is 1.17 bits per heavy atom. The summed E-state index contributed by atoms with van der Waals surface area (Å²) in [5, 5.41) is 0. The van der Waals surface area contributed by atoms with Crippen LogP contribution in [-0.2, 0) is 21.4 Å². The van der Waals surface area contributed by atoms with Crippen LogP contribution in [0.2, 0.25) is 0 Å². The van der Waals surface area contributed by atoms with Crippen molar-refractivity contribution in [1.29, 1.82) is 0 Å². The maximum absolute atomic E-state index is 14.2. The quantitative estimate of drug-likeness (QED) is 0.790. The van der Waals surface area contributed by atoms with Gasteiger partial charge in [-0.05, 0) is 38.0 Å². The third-order valence-electron chi connectivity index (χ3n) is 3.59. The summed E-state index contributed by atoms with van der Waals surface area (Å²) in [7, 11) is 0. The lowest BCUT2D eigenvalue weighted by Crippen LogP contribution is -2.38. The van der Waals surface area contributed by atoms with Crippen LogP contribution in [-0.4, -0.2) is 17.6 Å². The van der Waals surface area contributed by atoms with E-state index in [4.69, 9.17) is 4.74 Å². The Hall–Kier alpha value is -2.37. The highest BCUT2D eigenvalue weighted by molar-refractivity contribution is 5.83. The molecule has 2 rings (SSSR count). The molecule has 0 aliphatic carbocycles. The highest BCUT2D eigenvalue weighted by Crippen LogP contribution is 2.34. The van der Waals surface area contributed by atoms with Gasteiger partial charge in [-0.2, -0.15) is 0 Å². The average molecular weight is 323 g/mol. The van der Waals surface area contributed by atoms with Gasteiger partial charge < -0.3 is 4.74 Å². The topological polar surface area (TPSA) is 39.2 Å². The number of pyridine rings is 1. The molecule has 1 heterocycles. The maximum atomic E-state index is 14.2. The Bertz CT molecular complexity index is 683. The first kappa shape index (κ1) is 17.0. The standard InChI is InChI=1S/C17H16F3NO2/c1-3-23-16(22)17(2,10-11-4-6-21-7-5-11)15-13(19)8-12(18)9-14(15)20/h4-9H,3,10H2,1-2H3. The van der Waals surface area contributed by atoms with Crippen molar-refractivity contribution in [1.82, 2.24) is 4.98 Å². The lowest BCUT2D eigenvalue weighted by atomic mass is 9.76. The zero-order valence-electron chi connectivity index (χ0n) is 12.8. The van der Waals surface area contributed by atoms with Crippen molar-refractivity contribution in [3.8, 4) is 0 Å². The second-order valence-corrected chi connectivity index (χ2v) is 5.33. The summed E-state index contributed by atoms with van der Waals surface area (Å²) in [5.74, 6) is -4.06. The number of rotatable bonds is 5. The van der Waals surface area contributed by atoms with Gasteiger partial charge in [0.05, 0.1) is 12.0 Å². The number of aromatic nitrogens is 1. The third kappa shape index (κ3) is 3.52. The molecule has 122 valence electrons. The van der Waals surface area contributed by atoms with Crippen LogP contribution in [0.5, 0.6) is 0 Å². The molecule has 0 saturated carbocycles. The zero-order valence-corrected chi connectivity index (χ0v) is 12.8. The third-order valence-corrected chi connectivity index (χ3v) is 3.59. The lowest BCUT2D eigenvalue weighted by molar-refractivity contribution is -0.149. The molecule has 0 fully saturated rings. The number of ether oxygens (including phenoxy) is 1. The first-order valence-corrected chi connectivity index (χ1v) is 7.09. The van der Waals surface area contributed by atoms with E-state index in [9.17, 15) is 18.0 Å². The minimum atomic E-state index is -1.63. The molecule has 1 unspecified atom stereocenters. The molecule has 6 heteroatoms. The van der Waals surface area contributed by atoms with Gasteiger partial charge in [0.2, 0.25) is 0 Å². The van der Waals surface area contributed by atoms with Crippen LogP contribution in [0.1, 0.15) is 25.0 Å². The molecule has 0 N–H and O–H groups in total. The number of esters is 1. The summed E-state index contributed by atoms with van der Waals surface area (Å²) in [6, 6.07) is 4.39. The fourth-order valence-corrected chi connectivity index (χ4v) is 2.53. The number of carbonyl (C=O) groups excluding carboxylic acids is 1. The SMILES string of the molecule is CCOC(=O)C(C)(Cc1ccncc1)c1c(F)cc(F)cc1F. The smallest absolute Gasteiger partial charge is 0.316 e. The van der Waals surface area contributed by atoms with E-state index in [-0.39, 0.29) is 13.0 Å². The van der Waals surface area contributed by atoms with Crippen molar-refractivity contribution in [2.45, 2.75) is 25.7 Å². The molecular formula is C17H16F3NO2. The summed E-state index contributed by atoms with van der Waals surface area (Å²) < 4.78 is 46.6. The molecule has 3 nitrogen and oxygen atoms in total. The molecule has 2 aromatic rings. The highest BCUT2D eigenvalue weighted by atomic mass is 19.1. The van der Waals surface area contributed by atoms with E-state index in [1.165, 1.54) is 19.3 Å². The van der Waals surface area contributed by atoms with Crippen molar-refractivity contribution in [2.75, 3.05) is 6.61 Å². The van der Waals surface area contributed by atoms with Crippen LogP contribution in [0.25, 0.3) is 0 Å². The van der Waals surface area contributed by atoms with Crippen LogP contribution in [0, 0.1) is 17.5 Å². The van der Waals surface area contributed by atoms with E-state index in [2.05, 4.69) is 4.98 Å². The predicted octanol–water partition coefficient (Wildman–Crippen LogP) is 3.56. The molecule has 0 amide bonds. The van der Waals surface area contributed by atoms with Crippen LogP contribution in [0.15, 0.2) is 36.7 Å². The van der Waals surface area contributed by atoms with Gasteiger partial charge >= 0.3 is 5.97 Å². The zero-order chi connectivity index (χ0) is 17.0. The van der Waals surface area contributed by atoms with Crippen LogP contribution < -0.4 is 0 Å². The van der Waals surface area contributed by atoms with E-state index in [0.29, 0.717) is 17.7 Å². The van der Waals surface area contributed by atoms with Crippen LogP contribution >= 0.6 is 0 Å². The van der Waals surface area contributed by atoms with Crippen molar-refractivity contribution in [3.63, 3.8) is 0 Å². The van der Waals surface area contributed by atoms with E-state index < -0.39 is 34.4 Å². The second-order valence-electron chi connectivity index (χ2n) is 5.33. The van der Waals surface area contributed by atoms with Gasteiger partial charge in [-0.1, -0.05) is 0 Å². The number of hydrogen-bond donors (Lipinski definition) is 0. The van der Waals surface area contributed by atoms with Crippen LogP contribution in [0.3, 0.4) is 0 Å². The number of benzene rings is 1. The molecule has 0 bridgehead atoms. The largest absolute Gasteiger partial charge is 0.465 e. The normalized spacial score (nSPS) is 13.4. The first-order chi connectivity index (χ1) is 10.9. The first-order valence-electron chi connectivity index (χ1n) is 7.09. The Morgan fingerprint density at radius 3 is 2.26 bits per heavy atom. The van der Waals surface area contributed by atoms with Gasteiger partial charge in [-0.3, -0.25) is 9.78 Å². The van der Waals surface area contributed by atoms with Gasteiger partial charge in [0.25, 0.3) is 0 Å². The van der Waals surface area contributed by atoms with Crippen molar-refractivity contribution in [3.05, 3.63) is 65.2 Å². The molecule has 0 spiro atoms. The van der Waals surface area contributed by atoms with Crippen molar-refractivity contribution >= 4 is 5.97 Å². The second kappa shape index (κ2) is 6.81. The molecule has 0 aliphatic rings. The molecule has 23 heavy (non-hydrogen) atoms. The van der Waals surface area contributed by atoms with Crippen LogP contribution in [0.4, 0.5) is 13.2 Å². The minimum Gasteiger partial charge on any atom is -0.465 e. The number of halogens is 3. The number of hydrogen-bond acceptors (Lipinski definition) is 3. The Morgan fingerprint density at radius 2 is 1.74 bits per heavy atom.